The van der Waals surface area contributed by atoms with E-state index in [-0.39, 0.29) is 5.41 Å². The predicted molar refractivity (Wildman–Crippen MR) is 57.2 cm³/mol. The first-order valence-electron chi connectivity index (χ1n) is 5.06. The van der Waals surface area contributed by atoms with Gasteiger partial charge < -0.3 is 4.90 Å². The van der Waals surface area contributed by atoms with E-state index in [9.17, 15) is 0 Å². The molecule has 1 rings (SSSR count). The molecule has 0 aliphatic carbocycles. The van der Waals surface area contributed by atoms with E-state index in [1.807, 2.05) is 0 Å². The molecule has 0 amide bonds. The Morgan fingerprint density at radius 3 is 2.15 bits per heavy atom. The molecule has 0 aromatic heterocycles. The van der Waals surface area contributed by atoms with E-state index >= 15 is 0 Å². The quantitative estimate of drug-likeness (QED) is 0.452. The zero-order valence-electron chi connectivity index (χ0n) is 9.57. The van der Waals surface area contributed by atoms with E-state index in [0.29, 0.717) is 5.41 Å². The van der Waals surface area contributed by atoms with Crippen molar-refractivity contribution in [3.63, 3.8) is 0 Å². The van der Waals surface area contributed by atoms with Gasteiger partial charge in [-0.25, -0.2) is 0 Å². The van der Waals surface area contributed by atoms with Gasteiger partial charge in [-0.05, 0) is 11.8 Å². The highest BCUT2D eigenvalue weighted by Crippen LogP contribution is 2.31. The molecule has 1 N–H and O–H groups in total. The van der Waals surface area contributed by atoms with Crippen LogP contribution in [0.25, 0.3) is 0 Å². The van der Waals surface area contributed by atoms with Crippen LogP contribution in [0.2, 0.25) is 0 Å². The van der Waals surface area contributed by atoms with Gasteiger partial charge in [0.15, 0.2) is 0 Å². The zero-order valence-corrected chi connectivity index (χ0v) is 9.57. The van der Waals surface area contributed by atoms with Crippen molar-refractivity contribution in [1.82, 2.24) is 4.90 Å². The van der Waals surface area contributed by atoms with E-state index < -0.39 is 0 Å². The summed E-state index contributed by atoms with van der Waals surface area (Å²) in [6.45, 7) is 13.0. The molecule has 0 radical (unpaired) electrons. The summed E-state index contributed by atoms with van der Waals surface area (Å²) in [5, 5.41) is 8.04. The van der Waals surface area contributed by atoms with Crippen LogP contribution in [-0.4, -0.2) is 23.8 Å². The monoisotopic (exact) mass is 182 g/mol. The van der Waals surface area contributed by atoms with Crippen LogP contribution in [0.4, 0.5) is 0 Å². The molecule has 1 saturated heterocycles. The summed E-state index contributed by atoms with van der Waals surface area (Å²) in [6, 6.07) is 0. The number of likely N-dealkylation sites (tertiary alicyclic amines) is 1. The number of hydrogen-bond donors (Lipinski definition) is 1. The summed E-state index contributed by atoms with van der Waals surface area (Å²) in [6.07, 6.45) is 1.21. The molecule has 76 valence electrons. The Balaban J connectivity index is 2.62. The molecule has 0 saturated carbocycles. The highest BCUT2D eigenvalue weighted by Gasteiger charge is 2.33. The van der Waals surface area contributed by atoms with Crippen LogP contribution < -0.4 is 0 Å². The first-order valence-corrected chi connectivity index (χ1v) is 5.06. The largest absolute Gasteiger partial charge is 0.360 e. The van der Waals surface area contributed by atoms with Gasteiger partial charge in [0.05, 0.1) is 0 Å². The molecule has 0 aromatic rings. The Morgan fingerprint density at radius 2 is 1.85 bits per heavy atom. The van der Waals surface area contributed by atoms with Crippen molar-refractivity contribution in [3.05, 3.63) is 0 Å². The van der Waals surface area contributed by atoms with Crippen molar-refractivity contribution in [1.29, 1.82) is 5.41 Å². The minimum Gasteiger partial charge on any atom is -0.360 e. The number of nitrogens with one attached hydrogen (secondary N) is 1. The number of rotatable bonds is 0. The van der Waals surface area contributed by atoms with Crippen LogP contribution in [0, 0.1) is 16.2 Å². The van der Waals surface area contributed by atoms with Crippen LogP contribution in [0.1, 0.15) is 41.0 Å². The maximum absolute atomic E-state index is 8.04. The van der Waals surface area contributed by atoms with Crippen molar-refractivity contribution < 1.29 is 0 Å². The van der Waals surface area contributed by atoms with Gasteiger partial charge in [-0.3, -0.25) is 5.41 Å². The lowest BCUT2D eigenvalue weighted by molar-refractivity contribution is 0.355. The molecule has 2 nitrogen and oxygen atoms in total. The molecular weight excluding hydrogens is 160 g/mol. The summed E-state index contributed by atoms with van der Waals surface area (Å²) < 4.78 is 0. The Kier molecular flexibility index (Phi) is 2.44. The van der Waals surface area contributed by atoms with Crippen molar-refractivity contribution in [2.75, 3.05) is 13.1 Å². The summed E-state index contributed by atoms with van der Waals surface area (Å²) in [7, 11) is 0. The lowest BCUT2D eigenvalue weighted by atomic mass is 9.92. The zero-order chi connectivity index (χ0) is 10.3. The Hall–Kier alpha value is -0.530. The SMILES string of the molecule is CC1(C)CCN(C(=N)C(C)(C)C)C1. The van der Waals surface area contributed by atoms with E-state index in [1.165, 1.54) is 6.42 Å². The van der Waals surface area contributed by atoms with Gasteiger partial charge in [-0.15, -0.1) is 0 Å². The molecule has 13 heavy (non-hydrogen) atoms. The fraction of sp³-hybridized carbons (Fsp3) is 0.909. The van der Waals surface area contributed by atoms with E-state index in [0.717, 1.165) is 18.9 Å². The predicted octanol–water partition coefficient (Wildman–Crippen LogP) is 2.74. The highest BCUT2D eigenvalue weighted by atomic mass is 15.2. The minimum atomic E-state index is 0.000417. The topological polar surface area (TPSA) is 27.1 Å². The summed E-state index contributed by atoms with van der Waals surface area (Å²) >= 11 is 0. The van der Waals surface area contributed by atoms with Crippen molar-refractivity contribution in [3.8, 4) is 0 Å². The van der Waals surface area contributed by atoms with Gasteiger partial charge in [0, 0.05) is 18.5 Å². The number of hydrogen-bond acceptors (Lipinski definition) is 1. The summed E-state index contributed by atoms with van der Waals surface area (Å²) in [5.74, 6) is 0.790. The molecule has 2 heteroatoms. The fourth-order valence-electron chi connectivity index (χ4n) is 1.78. The summed E-state index contributed by atoms with van der Waals surface area (Å²) in [4.78, 5) is 2.22. The van der Waals surface area contributed by atoms with Gasteiger partial charge in [-0.2, -0.15) is 0 Å². The molecule has 0 spiro atoms. The third-order valence-corrected chi connectivity index (χ3v) is 2.70. The second-order valence-corrected chi connectivity index (χ2v) is 5.93. The molecule has 1 fully saturated rings. The fourth-order valence-corrected chi connectivity index (χ4v) is 1.78. The first kappa shape index (κ1) is 10.6. The van der Waals surface area contributed by atoms with Gasteiger partial charge in [0.1, 0.15) is 5.84 Å². The highest BCUT2D eigenvalue weighted by molar-refractivity contribution is 5.84. The maximum atomic E-state index is 8.04. The molecule has 1 aliphatic heterocycles. The Labute approximate surface area is 81.8 Å². The molecule has 0 unspecified atom stereocenters. The Morgan fingerprint density at radius 1 is 1.31 bits per heavy atom. The van der Waals surface area contributed by atoms with Crippen LogP contribution in [0.3, 0.4) is 0 Å². The Bertz CT molecular complexity index is 211. The maximum Gasteiger partial charge on any atom is 0.101 e. The molecular formula is C11H22N2. The van der Waals surface area contributed by atoms with Crippen LogP contribution in [0.15, 0.2) is 0 Å². The third-order valence-electron chi connectivity index (χ3n) is 2.70. The molecule has 1 aliphatic rings. The number of amidine groups is 1. The van der Waals surface area contributed by atoms with E-state index in [2.05, 4.69) is 39.5 Å². The third kappa shape index (κ3) is 2.45. The first-order chi connectivity index (χ1) is 5.72. The molecule has 0 aromatic carbocycles. The minimum absolute atomic E-state index is 0.000417. The van der Waals surface area contributed by atoms with Crippen molar-refractivity contribution >= 4 is 5.84 Å². The van der Waals surface area contributed by atoms with Crippen LogP contribution in [0.5, 0.6) is 0 Å². The molecule has 0 atom stereocenters. The second-order valence-electron chi connectivity index (χ2n) is 5.93. The van der Waals surface area contributed by atoms with Gasteiger partial charge in [-0.1, -0.05) is 34.6 Å². The number of nitrogens with zero attached hydrogens (tertiary/aromatic N) is 1. The normalized spacial score (nSPS) is 22.1. The molecule has 1 heterocycles. The van der Waals surface area contributed by atoms with Crippen LogP contribution >= 0.6 is 0 Å². The smallest absolute Gasteiger partial charge is 0.101 e. The molecule has 0 bridgehead atoms. The van der Waals surface area contributed by atoms with E-state index in [4.69, 9.17) is 5.41 Å². The standard InChI is InChI=1S/C11H22N2/c1-10(2,3)9(12)13-7-6-11(4,5)8-13/h12H,6-8H2,1-5H3. The second kappa shape index (κ2) is 3.00. The van der Waals surface area contributed by atoms with Gasteiger partial charge in [0.25, 0.3) is 0 Å². The summed E-state index contributed by atoms with van der Waals surface area (Å²) in [5.41, 5.74) is 0.401. The van der Waals surface area contributed by atoms with Crippen molar-refractivity contribution in [2.45, 2.75) is 41.0 Å². The average Bonchev–Trinajstić information content (AvgIpc) is 2.26. The van der Waals surface area contributed by atoms with Crippen molar-refractivity contribution in [2.24, 2.45) is 10.8 Å². The van der Waals surface area contributed by atoms with Crippen LogP contribution in [-0.2, 0) is 0 Å². The van der Waals surface area contributed by atoms with Gasteiger partial charge in [0.2, 0.25) is 0 Å². The lowest BCUT2D eigenvalue weighted by Crippen LogP contribution is -2.38. The van der Waals surface area contributed by atoms with Gasteiger partial charge >= 0.3 is 0 Å². The average molecular weight is 182 g/mol. The lowest BCUT2D eigenvalue weighted by Gasteiger charge is -2.30. The van der Waals surface area contributed by atoms with E-state index in [1.54, 1.807) is 0 Å².